The molecule has 0 N–H and O–H groups in total. The van der Waals surface area contributed by atoms with Crippen LogP contribution in [0.4, 0.5) is 0 Å². The number of aryl methyl sites for hydroxylation is 1. The number of methoxy groups -OCH3 is 1. The molecule has 96 valence electrons. The van der Waals surface area contributed by atoms with Gasteiger partial charge in [0.05, 0.1) is 13.4 Å². The molecule has 18 heavy (non-hydrogen) atoms. The summed E-state index contributed by atoms with van der Waals surface area (Å²) in [5.41, 5.74) is 1.48. The van der Waals surface area contributed by atoms with Crippen molar-refractivity contribution < 1.29 is 9.47 Å². The van der Waals surface area contributed by atoms with Gasteiger partial charge in [-0.3, -0.25) is 4.57 Å². The van der Waals surface area contributed by atoms with Crippen LogP contribution in [0.25, 0.3) is 11.2 Å². The molecule has 0 spiro atoms. The highest BCUT2D eigenvalue weighted by Gasteiger charge is 2.20. The van der Waals surface area contributed by atoms with Crippen molar-refractivity contribution >= 4 is 11.2 Å². The highest BCUT2D eigenvalue weighted by molar-refractivity contribution is 5.76. The summed E-state index contributed by atoms with van der Waals surface area (Å²) in [4.78, 5) is 13.0. The lowest BCUT2D eigenvalue weighted by Gasteiger charge is -2.23. The molecule has 0 bridgehead atoms. The minimum Gasteiger partial charge on any atom is -0.479 e. The van der Waals surface area contributed by atoms with Crippen molar-refractivity contribution in [2.75, 3.05) is 13.7 Å². The largest absolute Gasteiger partial charge is 0.479 e. The van der Waals surface area contributed by atoms with Gasteiger partial charge in [-0.15, -0.1) is 0 Å². The van der Waals surface area contributed by atoms with Gasteiger partial charge < -0.3 is 9.47 Å². The topological polar surface area (TPSA) is 62.1 Å². The molecule has 6 nitrogen and oxygen atoms in total. The fraction of sp³-hybridized carbons (Fsp3) is 0.583. The lowest BCUT2D eigenvalue weighted by molar-refractivity contribution is -0.0298. The number of ether oxygens (including phenoxy) is 2. The second kappa shape index (κ2) is 4.53. The molecule has 3 heterocycles. The van der Waals surface area contributed by atoms with E-state index in [-0.39, 0.29) is 6.23 Å². The second-order valence-electron chi connectivity index (χ2n) is 4.43. The highest BCUT2D eigenvalue weighted by Crippen LogP contribution is 2.28. The number of imidazole rings is 1. The molecule has 1 atom stereocenters. The van der Waals surface area contributed by atoms with Gasteiger partial charge >= 0.3 is 0 Å². The van der Waals surface area contributed by atoms with E-state index in [9.17, 15) is 0 Å². The molecular formula is C12H16N4O2. The summed E-state index contributed by atoms with van der Waals surface area (Å²) in [6, 6.07) is 0. The number of fused-ring (bicyclic) bond motifs is 1. The van der Waals surface area contributed by atoms with Gasteiger partial charge in [-0.2, -0.15) is 4.98 Å². The zero-order chi connectivity index (χ0) is 12.5. The summed E-state index contributed by atoms with van der Waals surface area (Å²) in [5, 5.41) is 0. The third-order valence-electron chi connectivity index (χ3n) is 3.16. The quantitative estimate of drug-likeness (QED) is 0.811. The van der Waals surface area contributed by atoms with Crippen molar-refractivity contribution in [3.63, 3.8) is 0 Å². The SMILES string of the molecule is COc1nc(C)nc2c1ncn2C1CCCCO1. The van der Waals surface area contributed by atoms with Crippen LogP contribution in [0.2, 0.25) is 0 Å². The van der Waals surface area contributed by atoms with Crippen molar-refractivity contribution in [3.05, 3.63) is 12.2 Å². The van der Waals surface area contributed by atoms with Crippen LogP contribution in [0.1, 0.15) is 31.3 Å². The molecule has 6 heteroatoms. The van der Waals surface area contributed by atoms with Crippen molar-refractivity contribution in [2.24, 2.45) is 0 Å². The number of rotatable bonds is 2. The Morgan fingerprint density at radius 2 is 2.28 bits per heavy atom. The van der Waals surface area contributed by atoms with Crippen LogP contribution in [-0.4, -0.2) is 33.2 Å². The van der Waals surface area contributed by atoms with Crippen LogP contribution in [0.15, 0.2) is 6.33 Å². The van der Waals surface area contributed by atoms with E-state index in [1.165, 1.54) is 6.42 Å². The molecule has 1 unspecified atom stereocenters. The van der Waals surface area contributed by atoms with Crippen LogP contribution in [0.3, 0.4) is 0 Å². The smallest absolute Gasteiger partial charge is 0.245 e. The summed E-state index contributed by atoms with van der Waals surface area (Å²) < 4.78 is 13.0. The number of hydrogen-bond donors (Lipinski definition) is 0. The number of hydrogen-bond acceptors (Lipinski definition) is 5. The normalized spacial score (nSPS) is 20.2. The first-order valence-corrected chi connectivity index (χ1v) is 6.16. The average molecular weight is 248 g/mol. The molecule has 1 saturated heterocycles. The summed E-state index contributed by atoms with van der Waals surface area (Å²) in [6.07, 6.45) is 5.09. The Bertz CT molecular complexity index is 560. The van der Waals surface area contributed by atoms with E-state index in [0.29, 0.717) is 17.2 Å². The molecular weight excluding hydrogens is 232 g/mol. The van der Waals surface area contributed by atoms with Crippen LogP contribution in [0, 0.1) is 6.92 Å². The van der Waals surface area contributed by atoms with Crippen molar-refractivity contribution in [1.29, 1.82) is 0 Å². The van der Waals surface area contributed by atoms with Crippen molar-refractivity contribution in [1.82, 2.24) is 19.5 Å². The fourth-order valence-electron chi connectivity index (χ4n) is 2.29. The van der Waals surface area contributed by atoms with Gasteiger partial charge in [0.15, 0.2) is 11.2 Å². The van der Waals surface area contributed by atoms with E-state index in [4.69, 9.17) is 9.47 Å². The molecule has 2 aromatic rings. The van der Waals surface area contributed by atoms with Crippen LogP contribution in [0.5, 0.6) is 5.88 Å². The molecule has 1 fully saturated rings. The maximum Gasteiger partial charge on any atom is 0.245 e. The van der Waals surface area contributed by atoms with Gasteiger partial charge in [0.1, 0.15) is 12.1 Å². The summed E-state index contributed by atoms with van der Waals surface area (Å²) in [6.45, 7) is 2.65. The molecule has 1 aliphatic rings. The lowest BCUT2D eigenvalue weighted by atomic mass is 10.2. The lowest BCUT2D eigenvalue weighted by Crippen LogP contribution is -2.17. The van der Waals surface area contributed by atoms with Crippen molar-refractivity contribution in [2.45, 2.75) is 32.4 Å². The van der Waals surface area contributed by atoms with Gasteiger partial charge in [-0.05, 0) is 26.2 Å². The molecule has 0 saturated carbocycles. The Morgan fingerprint density at radius 1 is 1.39 bits per heavy atom. The summed E-state index contributed by atoms with van der Waals surface area (Å²) in [5.74, 6) is 1.20. The highest BCUT2D eigenvalue weighted by atomic mass is 16.5. The Balaban J connectivity index is 2.10. The van der Waals surface area contributed by atoms with Crippen LogP contribution >= 0.6 is 0 Å². The Labute approximate surface area is 105 Å². The molecule has 0 aromatic carbocycles. The Morgan fingerprint density at radius 3 is 3.00 bits per heavy atom. The van der Waals surface area contributed by atoms with Crippen molar-refractivity contribution in [3.8, 4) is 5.88 Å². The first-order valence-electron chi connectivity index (χ1n) is 6.16. The monoisotopic (exact) mass is 248 g/mol. The average Bonchev–Trinajstić information content (AvgIpc) is 2.82. The minimum atomic E-state index is 0.0303. The van der Waals surface area contributed by atoms with E-state index in [1.54, 1.807) is 13.4 Å². The minimum absolute atomic E-state index is 0.0303. The van der Waals surface area contributed by atoms with Gasteiger partial charge in [-0.1, -0.05) is 0 Å². The first-order chi connectivity index (χ1) is 8.79. The standard InChI is InChI=1S/C12H16N4O2/c1-8-14-11-10(12(15-8)17-2)13-7-16(11)9-5-3-4-6-18-9/h7,9H,3-6H2,1-2H3. The van der Waals surface area contributed by atoms with E-state index in [1.807, 2.05) is 11.5 Å². The van der Waals surface area contributed by atoms with Crippen LogP contribution in [-0.2, 0) is 4.74 Å². The third kappa shape index (κ3) is 1.82. The predicted octanol–water partition coefficient (Wildman–Crippen LogP) is 1.84. The van der Waals surface area contributed by atoms with E-state index in [2.05, 4.69) is 15.0 Å². The zero-order valence-electron chi connectivity index (χ0n) is 10.6. The molecule has 0 aliphatic carbocycles. The summed E-state index contributed by atoms with van der Waals surface area (Å²) >= 11 is 0. The molecule has 0 radical (unpaired) electrons. The second-order valence-corrected chi connectivity index (χ2v) is 4.43. The maximum atomic E-state index is 5.77. The van der Waals surface area contributed by atoms with Crippen LogP contribution < -0.4 is 4.74 Å². The van der Waals surface area contributed by atoms with Gasteiger partial charge in [0, 0.05) is 6.61 Å². The maximum absolute atomic E-state index is 5.77. The fourth-order valence-corrected chi connectivity index (χ4v) is 2.29. The predicted molar refractivity (Wildman–Crippen MR) is 65.5 cm³/mol. The Hall–Kier alpha value is -1.69. The molecule has 1 aliphatic heterocycles. The number of aromatic nitrogens is 4. The molecule has 3 rings (SSSR count). The Kier molecular flexibility index (Phi) is 2.87. The first kappa shape index (κ1) is 11.4. The van der Waals surface area contributed by atoms with E-state index >= 15 is 0 Å². The van der Waals surface area contributed by atoms with E-state index in [0.717, 1.165) is 25.1 Å². The van der Waals surface area contributed by atoms with E-state index < -0.39 is 0 Å². The molecule has 2 aromatic heterocycles. The number of nitrogens with zero attached hydrogens (tertiary/aromatic N) is 4. The zero-order valence-corrected chi connectivity index (χ0v) is 10.6. The van der Waals surface area contributed by atoms with Gasteiger partial charge in [-0.25, -0.2) is 9.97 Å². The summed E-state index contributed by atoms with van der Waals surface area (Å²) in [7, 11) is 1.59. The van der Waals surface area contributed by atoms with Gasteiger partial charge in [0.25, 0.3) is 0 Å². The molecule has 0 amide bonds. The third-order valence-corrected chi connectivity index (χ3v) is 3.16. The van der Waals surface area contributed by atoms with Gasteiger partial charge in [0.2, 0.25) is 5.88 Å².